The molecule has 3 heterocycles. The lowest BCUT2D eigenvalue weighted by Crippen LogP contribution is -2.51. The van der Waals surface area contributed by atoms with Crippen LogP contribution in [0.5, 0.6) is 11.5 Å². The van der Waals surface area contributed by atoms with Crippen molar-refractivity contribution in [2.75, 3.05) is 53.6 Å². The molecular formula is C25H32N4O6. The zero-order valence-electron chi connectivity index (χ0n) is 20.3. The lowest BCUT2D eigenvalue weighted by molar-refractivity contribution is -0.139. The van der Waals surface area contributed by atoms with Gasteiger partial charge in [-0.2, -0.15) is 0 Å². The van der Waals surface area contributed by atoms with Crippen molar-refractivity contribution in [3.8, 4) is 11.5 Å². The maximum Gasteiger partial charge on any atom is 0.338 e. The Labute approximate surface area is 204 Å². The van der Waals surface area contributed by atoms with Crippen LogP contribution in [-0.2, 0) is 16.1 Å². The molecule has 2 aliphatic rings. The van der Waals surface area contributed by atoms with Gasteiger partial charge in [-0.3, -0.25) is 9.80 Å². The van der Waals surface area contributed by atoms with Gasteiger partial charge in [0.1, 0.15) is 11.8 Å². The van der Waals surface area contributed by atoms with Gasteiger partial charge in [-0.1, -0.05) is 6.07 Å². The van der Waals surface area contributed by atoms with Crippen LogP contribution in [-0.4, -0.2) is 75.4 Å². The molecule has 1 atom stereocenters. The summed E-state index contributed by atoms with van der Waals surface area (Å²) in [5.41, 5.74) is 2.06. The van der Waals surface area contributed by atoms with Crippen molar-refractivity contribution in [3.63, 3.8) is 0 Å². The molecule has 2 N–H and O–H groups in total. The van der Waals surface area contributed by atoms with Gasteiger partial charge in [-0.25, -0.2) is 9.59 Å². The number of piperazine rings is 1. The van der Waals surface area contributed by atoms with Gasteiger partial charge in [0.25, 0.3) is 0 Å². The fraction of sp³-hybridized carbons (Fsp3) is 0.440. The van der Waals surface area contributed by atoms with Crippen LogP contribution in [0.4, 0.5) is 4.79 Å². The minimum atomic E-state index is -0.695. The molecular weight excluding hydrogens is 452 g/mol. The molecule has 1 unspecified atom stereocenters. The second-order valence-corrected chi connectivity index (χ2v) is 8.40. The van der Waals surface area contributed by atoms with E-state index in [1.807, 2.05) is 18.2 Å². The molecule has 2 amide bonds. The number of benzene rings is 1. The summed E-state index contributed by atoms with van der Waals surface area (Å²) in [6, 6.07) is 8.36. The molecule has 0 radical (unpaired) electrons. The van der Waals surface area contributed by atoms with E-state index in [4.69, 9.17) is 18.6 Å². The number of nitrogens with zero attached hydrogens (tertiary/aromatic N) is 2. The number of carbonyl (C=O) groups excluding carboxylic acids is 2. The quantitative estimate of drug-likeness (QED) is 0.523. The highest BCUT2D eigenvalue weighted by Crippen LogP contribution is 2.30. The molecule has 4 rings (SSSR count). The Morgan fingerprint density at radius 3 is 2.40 bits per heavy atom. The number of hydrogen-bond donors (Lipinski definition) is 2. The number of furan rings is 1. The number of carbonyl (C=O) groups is 2. The summed E-state index contributed by atoms with van der Waals surface area (Å²) in [7, 11) is 3.26. The average Bonchev–Trinajstić information content (AvgIpc) is 3.40. The zero-order chi connectivity index (χ0) is 24.8. The third-order valence-corrected chi connectivity index (χ3v) is 6.18. The van der Waals surface area contributed by atoms with E-state index in [9.17, 15) is 9.59 Å². The summed E-state index contributed by atoms with van der Waals surface area (Å²) >= 11 is 0. The Balaban J connectivity index is 1.44. The Hall–Kier alpha value is -3.50. The number of ether oxygens (including phenoxy) is 3. The molecule has 10 nitrogen and oxygen atoms in total. The summed E-state index contributed by atoms with van der Waals surface area (Å²) in [5.74, 6) is 1.45. The second kappa shape index (κ2) is 11.3. The predicted octanol–water partition coefficient (Wildman–Crippen LogP) is 2.29. The molecule has 0 aliphatic carbocycles. The van der Waals surface area contributed by atoms with Gasteiger partial charge in [0.2, 0.25) is 0 Å². The topological polar surface area (TPSA) is 106 Å². The molecule has 188 valence electrons. The average molecular weight is 485 g/mol. The van der Waals surface area contributed by atoms with E-state index in [0.717, 1.165) is 44.0 Å². The van der Waals surface area contributed by atoms with Crippen LogP contribution < -0.4 is 20.1 Å². The summed E-state index contributed by atoms with van der Waals surface area (Å²) in [6.07, 6.45) is 1.52. The van der Waals surface area contributed by atoms with E-state index in [0.29, 0.717) is 29.3 Å². The maximum atomic E-state index is 12.9. The van der Waals surface area contributed by atoms with E-state index in [-0.39, 0.29) is 12.6 Å². The fourth-order valence-corrected chi connectivity index (χ4v) is 4.43. The first-order valence-electron chi connectivity index (χ1n) is 11.7. The minimum Gasteiger partial charge on any atom is -0.493 e. The molecule has 1 saturated heterocycles. The van der Waals surface area contributed by atoms with E-state index in [1.54, 1.807) is 33.3 Å². The third kappa shape index (κ3) is 5.77. The Kier molecular flexibility index (Phi) is 7.94. The van der Waals surface area contributed by atoms with Crippen LogP contribution in [0.3, 0.4) is 0 Å². The Morgan fingerprint density at radius 2 is 1.77 bits per heavy atom. The van der Waals surface area contributed by atoms with Crippen LogP contribution in [0.15, 0.2) is 52.3 Å². The first kappa shape index (κ1) is 24.6. The molecule has 0 bridgehead atoms. The molecule has 2 aliphatic heterocycles. The van der Waals surface area contributed by atoms with Gasteiger partial charge in [-0.05, 0) is 36.8 Å². The monoisotopic (exact) mass is 484 g/mol. The number of methoxy groups -OCH3 is 2. The Morgan fingerprint density at radius 1 is 1.06 bits per heavy atom. The van der Waals surface area contributed by atoms with Gasteiger partial charge in [0.05, 0.1) is 32.7 Å². The van der Waals surface area contributed by atoms with Gasteiger partial charge in [0, 0.05) is 45.0 Å². The normalized spacial score (nSPS) is 19.2. The van der Waals surface area contributed by atoms with Crippen LogP contribution in [0.2, 0.25) is 0 Å². The standard InChI is InChI=1S/C25H32N4O6/c1-4-34-24(30)22-18(26-25(31)27-23(22)20-6-5-13-35-20)16-29-11-9-28(10-12-29)15-17-7-8-19(32-2)21(14-17)33-3/h5-8,13-14,23H,4,9-12,15-16H2,1-3H3,(H2,26,27,31). The molecule has 1 fully saturated rings. The van der Waals surface area contributed by atoms with Crippen molar-refractivity contribution >= 4 is 12.0 Å². The van der Waals surface area contributed by atoms with Gasteiger partial charge in [-0.15, -0.1) is 0 Å². The van der Waals surface area contributed by atoms with Crippen molar-refractivity contribution in [2.24, 2.45) is 0 Å². The van der Waals surface area contributed by atoms with Crippen molar-refractivity contribution in [1.82, 2.24) is 20.4 Å². The molecule has 0 saturated carbocycles. The van der Waals surface area contributed by atoms with Crippen LogP contribution in [0.1, 0.15) is 24.3 Å². The summed E-state index contributed by atoms with van der Waals surface area (Å²) in [6.45, 7) is 6.52. The van der Waals surface area contributed by atoms with E-state index >= 15 is 0 Å². The third-order valence-electron chi connectivity index (χ3n) is 6.18. The highest BCUT2D eigenvalue weighted by molar-refractivity contribution is 5.95. The molecule has 1 aromatic heterocycles. The molecule has 0 spiro atoms. The summed E-state index contributed by atoms with van der Waals surface area (Å²) in [4.78, 5) is 29.9. The molecule has 2 aromatic rings. The van der Waals surface area contributed by atoms with E-state index < -0.39 is 12.0 Å². The minimum absolute atomic E-state index is 0.239. The number of rotatable bonds is 9. The van der Waals surface area contributed by atoms with Crippen molar-refractivity contribution in [3.05, 3.63) is 59.2 Å². The van der Waals surface area contributed by atoms with Crippen molar-refractivity contribution in [2.45, 2.75) is 19.5 Å². The largest absolute Gasteiger partial charge is 0.493 e. The lowest BCUT2D eigenvalue weighted by atomic mass is 9.99. The summed E-state index contributed by atoms with van der Waals surface area (Å²) < 4.78 is 21.5. The fourth-order valence-electron chi connectivity index (χ4n) is 4.43. The number of urea groups is 1. The van der Waals surface area contributed by atoms with Crippen molar-refractivity contribution < 1.29 is 28.2 Å². The first-order valence-corrected chi connectivity index (χ1v) is 11.7. The maximum absolute atomic E-state index is 12.9. The van der Waals surface area contributed by atoms with Gasteiger partial charge >= 0.3 is 12.0 Å². The molecule has 10 heteroatoms. The van der Waals surface area contributed by atoms with Crippen LogP contribution in [0, 0.1) is 0 Å². The second-order valence-electron chi connectivity index (χ2n) is 8.40. The van der Waals surface area contributed by atoms with Crippen molar-refractivity contribution in [1.29, 1.82) is 0 Å². The Bertz CT molecular complexity index is 1060. The number of amides is 2. The highest BCUT2D eigenvalue weighted by Gasteiger charge is 2.36. The van der Waals surface area contributed by atoms with E-state index in [2.05, 4.69) is 20.4 Å². The first-order chi connectivity index (χ1) is 17.0. The number of hydrogen-bond acceptors (Lipinski definition) is 8. The number of nitrogens with one attached hydrogen (secondary N) is 2. The van der Waals surface area contributed by atoms with Gasteiger partial charge < -0.3 is 29.3 Å². The zero-order valence-corrected chi connectivity index (χ0v) is 20.3. The molecule has 35 heavy (non-hydrogen) atoms. The summed E-state index contributed by atoms with van der Waals surface area (Å²) in [5, 5.41) is 5.60. The van der Waals surface area contributed by atoms with Crippen LogP contribution >= 0.6 is 0 Å². The number of esters is 1. The van der Waals surface area contributed by atoms with Gasteiger partial charge in [0.15, 0.2) is 11.5 Å². The van der Waals surface area contributed by atoms with Crippen LogP contribution in [0.25, 0.3) is 0 Å². The smallest absolute Gasteiger partial charge is 0.338 e. The SMILES string of the molecule is CCOC(=O)C1=C(CN2CCN(Cc3ccc(OC)c(OC)c3)CC2)NC(=O)NC1c1ccco1. The molecule has 1 aromatic carbocycles. The lowest BCUT2D eigenvalue weighted by Gasteiger charge is -2.36. The predicted molar refractivity (Wildman–Crippen MR) is 128 cm³/mol. The highest BCUT2D eigenvalue weighted by atomic mass is 16.5. The van der Waals surface area contributed by atoms with E-state index in [1.165, 1.54) is 6.26 Å².